The molecule has 94 valence electrons. The lowest BCUT2D eigenvalue weighted by molar-refractivity contribution is -0.869. The highest BCUT2D eigenvalue weighted by atomic mass is 16.1. The minimum atomic E-state index is 0.189. The minimum Gasteiger partial charge on any atom is -0.350 e. The molecule has 0 atom stereocenters. The van der Waals surface area contributed by atoms with E-state index in [-0.39, 0.29) is 5.91 Å². The first-order valence-electron chi connectivity index (χ1n) is 6.14. The third-order valence-electron chi connectivity index (χ3n) is 2.37. The molecule has 0 aliphatic rings. The summed E-state index contributed by atoms with van der Waals surface area (Å²) in [5.74, 6) is 0.189. The summed E-state index contributed by atoms with van der Waals surface area (Å²) in [5, 5.41) is 2.96. The Balaban J connectivity index is 3.38. The van der Waals surface area contributed by atoms with E-state index in [0.29, 0.717) is 6.42 Å². The summed E-state index contributed by atoms with van der Waals surface area (Å²) < 4.78 is 0.890. The molecular formula is C13H27N2O+. The first-order valence-corrected chi connectivity index (χ1v) is 6.14. The number of quaternary nitrogens is 1. The number of carbonyl (C=O) groups is 1. The fraction of sp³-hybridized carbons (Fsp3) is 0.769. The van der Waals surface area contributed by atoms with Gasteiger partial charge >= 0.3 is 0 Å². The summed E-state index contributed by atoms with van der Waals surface area (Å²) in [6, 6.07) is 0. The smallest absolute Gasteiger partial charge is 0.220 e. The molecule has 0 aromatic heterocycles. The Kier molecular flexibility index (Phi) is 7.90. The summed E-state index contributed by atoms with van der Waals surface area (Å²) in [7, 11) is 6.38. The molecule has 0 aromatic carbocycles. The van der Waals surface area contributed by atoms with Gasteiger partial charge in [0, 0.05) is 6.42 Å². The van der Waals surface area contributed by atoms with Gasteiger partial charge in [-0.05, 0) is 26.2 Å². The van der Waals surface area contributed by atoms with Gasteiger partial charge in [0.2, 0.25) is 5.91 Å². The number of hydrogen-bond acceptors (Lipinski definition) is 1. The Morgan fingerprint density at radius 1 is 1.25 bits per heavy atom. The highest BCUT2D eigenvalue weighted by Crippen LogP contribution is 2.00. The molecule has 0 saturated heterocycles. The monoisotopic (exact) mass is 227 g/mol. The van der Waals surface area contributed by atoms with Crippen molar-refractivity contribution < 1.29 is 9.28 Å². The van der Waals surface area contributed by atoms with Crippen LogP contribution in [0.15, 0.2) is 12.2 Å². The molecule has 0 unspecified atom stereocenters. The first kappa shape index (κ1) is 15.2. The number of nitrogens with one attached hydrogen (secondary N) is 1. The van der Waals surface area contributed by atoms with Crippen LogP contribution in [-0.4, -0.2) is 44.6 Å². The van der Waals surface area contributed by atoms with Crippen LogP contribution in [0.2, 0.25) is 0 Å². The van der Waals surface area contributed by atoms with Crippen molar-refractivity contribution in [3.05, 3.63) is 12.2 Å². The molecular weight excluding hydrogens is 200 g/mol. The lowest BCUT2D eigenvalue weighted by Crippen LogP contribution is -2.41. The maximum Gasteiger partial charge on any atom is 0.220 e. The molecule has 0 heterocycles. The number of likely N-dealkylation sites (N-methyl/N-ethyl adjacent to an activating group) is 1. The lowest BCUT2D eigenvalue weighted by Gasteiger charge is -2.23. The van der Waals surface area contributed by atoms with Crippen LogP contribution >= 0.6 is 0 Å². The molecule has 3 nitrogen and oxygen atoms in total. The standard InChI is InChI=1S/C13H26N2O/c1-5-6-7-8-9-10-13(16)14-11-12-15(2,3)4/h5-6H,7-12H2,1-4H3/p+1/b6-5+. The third-order valence-corrected chi connectivity index (χ3v) is 2.37. The maximum absolute atomic E-state index is 11.4. The Labute approximate surface area is 100 Å². The van der Waals surface area contributed by atoms with Crippen LogP contribution in [0.4, 0.5) is 0 Å². The second-order valence-corrected chi connectivity index (χ2v) is 5.18. The van der Waals surface area contributed by atoms with Gasteiger partial charge in [-0.3, -0.25) is 4.79 Å². The van der Waals surface area contributed by atoms with Crippen molar-refractivity contribution >= 4 is 5.91 Å². The molecule has 1 amide bonds. The van der Waals surface area contributed by atoms with E-state index in [0.717, 1.165) is 36.8 Å². The number of amides is 1. The molecule has 3 heteroatoms. The van der Waals surface area contributed by atoms with Crippen molar-refractivity contribution in [3.63, 3.8) is 0 Å². The van der Waals surface area contributed by atoms with Crippen molar-refractivity contribution in [3.8, 4) is 0 Å². The van der Waals surface area contributed by atoms with Gasteiger partial charge < -0.3 is 9.80 Å². The van der Waals surface area contributed by atoms with E-state index >= 15 is 0 Å². The van der Waals surface area contributed by atoms with Gasteiger partial charge in [-0.1, -0.05) is 12.2 Å². The van der Waals surface area contributed by atoms with Crippen LogP contribution in [0.3, 0.4) is 0 Å². The van der Waals surface area contributed by atoms with Crippen molar-refractivity contribution in [1.29, 1.82) is 0 Å². The number of nitrogens with zero attached hydrogens (tertiary/aromatic N) is 1. The van der Waals surface area contributed by atoms with Crippen molar-refractivity contribution in [1.82, 2.24) is 5.32 Å². The Bertz CT molecular complexity index is 216. The highest BCUT2D eigenvalue weighted by molar-refractivity contribution is 5.75. The topological polar surface area (TPSA) is 29.1 Å². The summed E-state index contributed by atoms with van der Waals surface area (Å²) >= 11 is 0. The van der Waals surface area contributed by atoms with E-state index in [2.05, 4.69) is 38.6 Å². The van der Waals surface area contributed by atoms with Gasteiger partial charge in [-0.15, -0.1) is 0 Å². The van der Waals surface area contributed by atoms with E-state index in [1.807, 2.05) is 6.92 Å². The van der Waals surface area contributed by atoms with Gasteiger partial charge in [0.15, 0.2) is 0 Å². The summed E-state index contributed by atoms with van der Waals surface area (Å²) in [6.45, 7) is 3.78. The van der Waals surface area contributed by atoms with Crippen molar-refractivity contribution in [2.75, 3.05) is 34.2 Å². The van der Waals surface area contributed by atoms with Crippen LogP contribution in [0.25, 0.3) is 0 Å². The van der Waals surface area contributed by atoms with Gasteiger partial charge in [0.25, 0.3) is 0 Å². The molecule has 1 N–H and O–H groups in total. The maximum atomic E-state index is 11.4. The zero-order valence-corrected chi connectivity index (χ0v) is 11.3. The van der Waals surface area contributed by atoms with E-state index in [9.17, 15) is 4.79 Å². The Morgan fingerprint density at radius 2 is 1.94 bits per heavy atom. The summed E-state index contributed by atoms with van der Waals surface area (Å²) in [5.41, 5.74) is 0. The molecule has 0 saturated carbocycles. The molecule has 0 rings (SSSR count). The van der Waals surface area contributed by atoms with Gasteiger partial charge in [0.1, 0.15) is 0 Å². The number of unbranched alkanes of at least 4 members (excludes halogenated alkanes) is 2. The molecule has 0 fully saturated rings. The van der Waals surface area contributed by atoms with E-state index in [1.54, 1.807) is 0 Å². The largest absolute Gasteiger partial charge is 0.350 e. The zero-order valence-electron chi connectivity index (χ0n) is 11.3. The van der Waals surface area contributed by atoms with Crippen LogP contribution in [-0.2, 0) is 4.79 Å². The summed E-state index contributed by atoms with van der Waals surface area (Å²) in [4.78, 5) is 11.4. The van der Waals surface area contributed by atoms with E-state index in [4.69, 9.17) is 0 Å². The molecule has 0 aliphatic heterocycles. The fourth-order valence-electron chi connectivity index (χ4n) is 1.33. The first-order chi connectivity index (χ1) is 7.45. The summed E-state index contributed by atoms with van der Waals surface area (Å²) in [6.07, 6.45) is 8.04. The predicted octanol–water partition coefficient (Wildman–Crippen LogP) is 1.95. The molecule has 16 heavy (non-hydrogen) atoms. The molecule has 0 aliphatic carbocycles. The van der Waals surface area contributed by atoms with Crippen LogP contribution in [0.1, 0.15) is 32.6 Å². The van der Waals surface area contributed by atoms with Crippen LogP contribution < -0.4 is 5.32 Å². The molecule has 0 spiro atoms. The molecule has 0 radical (unpaired) electrons. The van der Waals surface area contributed by atoms with E-state index < -0.39 is 0 Å². The third kappa shape index (κ3) is 11.2. The van der Waals surface area contributed by atoms with Crippen LogP contribution in [0, 0.1) is 0 Å². The Hall–Kier alpha value is -0.830. The van der Waals surface area contributed by atoms with Gasteiger partial charge in [0.05, 0.1) is 34.2 Å². The number of carbonyl (C=O) groups excluding carboxylic acids is 1. The molecule has 0 aromatic rings. The average molecular weight is 227 g/mol. The number of rotatable bonds is 8. The lowest BCUT2D eigenvalue weighted by atomic mass is 10.2. The minimum absolute atomic E-state index is 0.189. The number of hydrogen-bond donors (Lipinski definition) is 1. The van der Waals surface area contributed by atoms with Gasteiger partial charge in [-0.25, -0.2) is 0 Å². The second kappa shape index (κ2) is 8.34. The fourth-order valence-corrected chi connectivity index (χ4v) is 1.33. The average Bonchev–Trinajstić information content (AvgIpc) is 2.15. The van der Waals surface area contributed by atoms with Crippen molar-refractivity contribution in [2.45, 2.75) is 32.6 Å². The number of allylic oxidation sites excluding steroid dienone is 2. The Morgan fingerprint density at radius 3 is 2.50 bits per heavy atom. The van der Waals surface area contributed by atoms with Crippen molar-refractivity contribution in [2.24, 2.45) is 0 Å². The second-order valence-electron chi connectivity index (χ2n) is 5.18. The highest BCUT2D eigenvalue weighted by Gasteiger charge is 2.07. The quantitative estimate of drug-likeness (QED) is 0.383. The normalized spacial score (nSPS) is 12.0. The molecule has 0 bridgehead atoms. The zero-order chi connectivity index (χ0) is 12.4. The van der Waals surface area contributed by atoms with Gasteiger partial charge in [-0.2, -0.15) is 0 Å². The van der Waals surface area contributed by atoms with Crippen LogP contribution in [0.5, 0.6) is 0 Å². The SMILES string of the molecule is C/C=C/CCCCC(=O)NCC[N+](C)(C)C. The predicted molar refractivity (Wildman–Crippen MR) is 69.2 cm³/mol. The van der Waals surface area contributed by atoms with E-state index in [1.165, 1.54) is 0 Å².